The number of benzene rings is 1. The molecule has 4 heterocycles. The van der Waals surface area contributed by atoms with Crippen LogP contribution in [-0.2, 0) is 11.2 Å². The van der Waals surface area contributed by atoms with E-state index < -0.39 is 11.6 Å². The van der Waals surface area contributed by atoms with Gasteiger partial charge in [-0.3, -0.25) is 14.9 Å². The van der Waals surface area contributed by atoms with Crippen LogP contribution >= 0.6 is 0 Å². The molecule has 9 heteroatoms. The summed E-state index contributed by atoms with van der Waals surface area (Å²) in [4.78, 5) is 20.0. The van der Waals surface area contributed by atoms with Crippen molar-refractivity contribution in [1.29, 1.82) is 0 Å². The standard InChI is InChI=1S/C27H29F2N5O2/c1-17(32-11-8-27(6-7-27)22(15-32)18-4-9-33(36)10-5-18)26(35)31-24-16-34-23(2-3-25(34)30-24)19-12-20(28)14-21(29)13-19/h4-5,9-10,12-14,16-17,22-23H,2-3,6-8,11,15H2,1H3,(H-,31,35,36)/p+1/t17-,22?,23+/m0/s1. The van der Waals surface area contributed by atoms with Crippen LogP contribution in [0.5, 0.6) is 0 Å². The number of pyridine rings is 1. The quantitative estimate of drug-likeness (QED) is 0.418. The van der Waals surface area contributed by atoms with Gasteiger partial charge < -0.3 is 9.88 Å². The van der Waals surface area contributed by atoms with Crippen molar-refractivity contribution in [2.75, 3.05) is 18.4 Å². The van der Waals surface area contributed by atoms with Crippen LogP contribution in [0.1, 0.15) is 61.5 Å². The summed E-state index contributed by atoms with van der Waals surface area (Å²) in [5.74, 6) is 0.274. The van der Waals surface area contributed by atoms with Gasteiger partial charge in [0.25, 0.3) is 0 Å². The summed E-state index contributed by atoms with van der Waals surface area (Å²) >= 11 is 0. The summed E-state index contributed by atoms with van der Waals surface area (Å²) in [6.07, 6.45) is 9.93. The number of fused-ring (bicyclic) bond motifs is 1. The average Bonchev–Trinajstić information content (AvgIpc) is 3.33. The zero-order valence-corrected chi connectivity index (χ0v) is 20.2. The number of amides is 1. The van der Waals surface area contributed by atoms with Crippen LogP contribution in [-0.4, -0.2) is 44.7 Å². The molecule has 2 N–H and O–H groups in total. The minimum absolute atomic E-state index is 0.119. The van der Waals surface area contributed by atoms with Gasteiger partial charge in [-0.1, -0.05) is 0 Å². The van der Waals surface area contributed by atoms with Crippen molar-refractivity contribution >= 4 is 11.7 Å². The Morgan fingerprint density at radius 2 is 1.89 bits per heavy atom. The van der Waals surface area contributed by atoms with Crippen LogP contribution in [0.25, 0.3) is 0 Å². The van der Waals surface area contributed by atoms with E-state index in [0.717, 1.165) is 36.1 Å². The number of aryl methyl sites for hydroxylation is 1. The monoisotopic (exact) mass is 494 g/mol. The first-order chi connectivity index (χ1) is 17.3. The van der Waals surface area contributed by atoms with Crippen molar-refractivity contribution in [2.45, 2.75) is 57.0 Å². The molecule has 36 heavy (non-hydrogen) atoms. The lowest BCUT2D eigenvalue weighted by Gasteiger charge is -2.41. The Labute approximate surface area is 208 Å². The van der Waals surface area contributed by atoms with Gasteiger partial charge in [-0.2, -0.15) is 0 Å². The highest BCUT2D eigenvalue weighted by Crippen LogP contribution is 2.60. The van der Waals surface area contributed by atoms with Crippen molar-refractivity contribution < 1.29 is 23.5 Å². The van der Waals surface area contributed by atoms with Crippen LogP contribution in [0.3, 0.4) is 0 Å². The van der Waals surface area contributed by atoms with E-state index in [2.05, 4.69) is 15.2 Å². The number of hydrogen-bond donors (Lipinski definition) is 2. The molecule has 0 bridgehead atoms. The van der Waals surface area contributed by atoms with Crippen LogP contribution in [0.15, 0.2) is 48.9 Å². The van der Waals surface area contributed by atoms with Gasteiger partial charge in [-0.25, -0.2) is 13.8 Å². The maximum atomic E-state index is 13.8. The topological polar surface area (TPSA) is 74.3 Å². The maximum Gasteiger partial charge on any atom is 0.242 e. The van der Waals surface area contributed by atoms with Crippen molar-refractivity contribution in [3.8, 4) is 0 Å². The highest BCUT2D eigenvalue weighted by atomic mass is 19.1. The number of piperidine rings is 1. The van der Waals surface area contributed by atoms with E-state index >= 15 is 0 Å². The Hall–Kier alpha value is -3.33. The second kappa shape index (κ2) is 8.65. The molecule has 188 valence electrons. The molecule has 1 aliphatic carbocycles. The summed E-state index contributed by atoms with van der Waals surface area (Å²) < 4.78 is 30.5. The third kappa shape index (κ3) is 4.15. The molecule has 1 saturated carbocycles. The first kappa shape index (κ1) is 23.1. The van der Waals surface area contributed by atoms with E-state index in [-0.39, 0.29) is 18.0 Å². The fourth-order valence-corrected chi connectivity index (χ4v) is 6.14. The van der Waals surface area contributed by atoms with Crippen LogP contribution in [0.2, 0.25) is 0 Å². The molecule has 1 spiro atoms. The zero-order chi connectivity index (χ0) is 25.0. The highest BCUT2D eigenvalue weighted by molar-refractivity contribution is 5.93. The lowest BCUT2D eigenvalue weighted by atomic mass is 9.77. The Morgan fingerprint density at radius 3 is 2.58 bits per heavy atom. The van der Waals surface area contributed by atoms with Gasteiger partial charge in [0.2, 0.25) is 18.3 Å². The van der Waals surface area contributed by atoms with Gasteiger partial charge in [0, 0.05) is 48.0 Å². The van der Waals surface area contributed by atoms with Gasteiger partial charge in [0.05, 0.1) is 12.1 Å². The van der Waals surface area contributed by atoms with Crippen molar-refractivity contribution in [3.05, 3.63) is 77.5 Å². The number of halogens is 2. The van der Waals surface area contributed by atoms with Gasteiger partial charge in [-0.15, -0.1) is 0 Å². The predicted molar refractivity (Wildman–Crippen MR) is 128 cm³/mol. The van der Waals surface area contributed by atoms with Crippen LogP contribution in [0, 0.1) is 17.0 Å². The van der Waals surface area contributed by atoms with E-state index in [1.807, 2.05) is 23.6 Å². The molecule has 2 aromatic heterocycles. The lowest BCUT2D eigenvalue weighted by molar-refractivity contribution is -0.904. The van der Waals surface area contributed by atoms with E-state index in [9.17, 15) is 18.8 Å². The van der Waals surface area contributed by atoms with E-state index in [1.165, 1.54) is 30.5 Å². The molecule has 2 fully saturated rings. The van der Waals surface area contributed by atoms with Crippen molar-refractivity contribution in [3.63, 3.8) is 0 Å². The molecule has 1 aromatic carbocycles. The molecule has 6 rings (SSSR count). The molecule has 3 aromatic rings. The largest absolute Gasteiger partial charge is 0.325 e. The molecular weight excluding hydrogens is 464 g/mol. The fourth-order valence-electron chi connectivity index (χ4n) is 6.14. The first-order valence-electron chi connectivity index (χ1n) is 12.6. The molecule has 2 aliphatic heterocycles. The number of likely N-dealkylation sites (tertiary alicyclic amines) is 1. The fraction of sp³-hybridized carbons (Fsp3) is 0.444. The number of carbonyl (C=O) groups excluding carboxylic acids is 1. The highest BCUT2D eigenvalue weighted by Gasteiger charge is 2.53. The second-order valence-corrected chi connectivity index (χ2v) is 10.5. The number of rotatable bonds is 5. The third-order valence-corrected chi connectivity index (χ3v) is 8.42. The normalized spacial score (nSPS) is 23.4. The first-order valence-corrected chi connectivity index (χ1v) is 12.6. The molecule has 1 unspecified atom stereocenters. The molecule has 1 saturated heterocycles. The average molecular weight is 495 g/mol. The number of hydrogen-bond acceptors (Lipinski definition) is 4. The Bertz CT molecular complexity index is 1280. The number of nitrogens with zero attached hydrogens (tertiary/aromatic N) is 4. The Morgan fingerprint density at radius 1 is 1.17 bits per heavy atom. The minimum atomic E-state index is -0.597. The Balaban J connectivity index is 1.15. The summed E-state index contributed by atoms with van der Waals surface area (Å²) in [7, 11) is 0. The lowest BCUT2D eigenvalue weighted by Crippen LogP contribution is -2.49. The molecule has 1 amide bonds. The van der Waals surface area contributed by atoms with E-state index in [0.29, 0.717) is 35.6 Å². The predicted octanol–water partition coefficient (Wildman–Crippen LogP) is 3.82. The second-order valence-electron chi connectivity index (χ2n) is 10.5. The van der Waals surface area contributed by atoms with Crippen molar-refractivity contribution in [1.82, 2.24) is 14.5 Å². The Kier molecular flexibility index (Phi) is 5.55. The van der Waals surface area contributed by atoms with Crippen LogP contribution < -0.4 is 10.0 Å². The summed E-state index contributed by atoms with van der Waals surface area (Å²) in [5.41, 5.74) is 2.07. The maximum absolute atomic E-state index is 13.8. The third-order valence-electron chi connectivity index (χ3n) is 8.42. The minimum Gasteiger partial charge on any atom is -0.325 e. The molecule has 7 nitrogen and oxygen atoms in total. The smallest absolute Gasteiger partial charge is 0.242 e. The summed E-state index contributed by atoms with van der Waals surface area (Å²) in [6, 6.07) is 6.97. The summed E-state index contributed by atoms with van der Waals surface area (Å²) in [6.45, 7) is 3.58. The number of nitrogens with one attached hydrogen (secondary N) is 1. The van der Waals surface area contributed by atoms with Gasteiger partial charge in [0.1, 0.15) is 17.5 Å². The van der Waals surface area contributed by atoms with Crippen molar-refractivity contribution in [2.24, 2.45) is 5.41 Å². The zero-order valence-electron chi connectivity index (χ0n) is 20.2. The van der Waals surface area contributed by atoms with Crippen LogP contribution in [0.4, 0.5) is 14.6 Å². The molecular formula is C27H30F2N5O2+. The number of aromatic nitrogens is 3. The van der Waals surface area contributed by atoms with E-state index in [1.54, 1.807) is 18.6 Å². The number of imidazole rings is 1. The van der Waals surface area contributed by atoms with E-state index in [4.69, 9.17) is 0 Å². The number of anilines is 1. The molecule has 3 atom stereocenters. The van der Waals surface area contributed by atoms with Gasteiger partial charge >= 0.3 is 0 Å². The number of carbonyl (C=O) groups is 1. The molecule has 0 radical (unpaired) electrons. The van der Waals surface area contributed by atoms with Gasteiger partial charge in [0.15, 0.2) is 5.82 Å². The SMILES string of the molecule is C[C@@H](C(=O)Nc1cn2c(n1)CC[C@@H]2c1cc(F)cc(F)c1)N1CCC2(CC2)C(c2cc[n+](O)cc2)C1. The molecule has 3 aliphatic rings. The summed E-state index contributed by atoms with van der Waals surface area (Å²) in [5, 5.41) is 12.6. The van der Waals surface area contributed by atoms with Gasteiger partial charge in [-0.05, 0) is 67.8 Å².